The van der Waals surface area contributed by atoms with Gasteiger partial charge in [0.05, 0.1) is 10.6 Å². The summed E-state index contributed by atoms with van der Waals surface area (Å²) in [7, 11) is -3.71. The Bertz CT molecular complexity index is 1110. The zero-order valence-electron chi connectivity index (χ0n) is 17.4. The quantitative estimate of drug-likeness (QED) is 0.742. The maximum Gasteiger partial charge on any atom is 0.264 e. The van der Waals surface area contributed by atoms with E-state index < -0.39 is 10.0 Å². The number of para-hydroxylation sites is 1. The second-order valence-corrected chi connectivity index (χ2v) is 10.5. The summed E-state index contributed by atoms with van der Waals surface area (Å²) in [6.07, 6.45) is 2.80. The number of hydrogen-bond acceptors (Lipinski definition) is 4. The van der Waals surface area contributed by atoms with Crippen LogP contribution in [-0.4, -0.2) is 44.4 Å². The standard InChI is InChI=1S/C23H27N3O3S/c1-16-12-19-13-21(9-10-23(19)26(16)17(2)27)30(28,29)25-15-20-7-5-11-24(20)14-18-6-3-4-8-22(18)25/h3-4,6,8-10,13,16,20H,5,7,11-12,14-15H2,1-2H3. The summed E-state index contributed by atoms with van der Waals surface area (Å²) in [5.74, 6) is -0.0142. The van der Waals surface area contributed by atoms with Crippen LogP contribution in [0.1, 0.15) is 37.8 Å². The molecule has 1 saturated heterocycles. The fourth-order valence-electron chi connectivity index (χ4n) is 5.31. The molecule has 1 fully saturated rings. The molecule has 2 aromatic rings. The largest absolute Gasteiger partial charge is 0.309 e. The first kappa shape index (κ1) is 19.6. The van der Waals surface area contributed by atoms with Gasteiger partial charge < -0.3 is 4.90 Å². The molecule has 7 heteroatoms. The Morgan fingerprint density at radius 3 is 2.67 bits per heavy atom. The van der Waals surface area contributed by atoms with Gasteiger partial charge in [-0.1, -0.05) is 18.2 Å². The molecule has 1 amide bonds. The van der Waals surface area contributed by atoms with E-state index in [1.165, 1.54) is 0 Å². The van der Waals surface area contributed by atoms with Gasteiger partial charge in [-0.2, -0.15) is 0 Å². The summed E-state index contributed by atoms with van der Waals surface area (Å²) >= 11 is 0. The average Bonchev–Trinajstić information content (AvgIpc) is 3.24. The highest BCUT2D eigenvalue weighted by Gasteiger charge is 2.37. The Kier molecular flexibility index (Phi) is 4.63. The topological polar surface area (TPSA) is 60.9 Å². The van der Waals surface area contributed by atoms with Crippen molar-refractivity contribution in [1.29, 1.82) is 0 Å². The number of hydrogen-bond donors (Lipinski definition) is 0. The van der Waals surface area contributed by atoms with Crippen LogP contribution >= 0.6 is 0 Å². The highest BCUT2D eigenvalue weighted by molar-refractivity contribution is 7.92. The number of carbonyl (C=O) groups excluding carboxylic acids is 1. The molecule has 3 aliphatic rings. The lowest BCUT2D eigenvalue weighted by molar-refractivity contribution is -0.116. The van der Waals surface area contributed by atoms with Gasteiger partial charge in [-0.3, -0.25) is 14.0 Å². The van der Waals surface area contributed by atoms with Crippen molar-refractivity contribution in [2.24, 2.45) is 0 Å². The van der Waals surface area contributed by atoms with Gasteiger partial charge >= 0.3 is 0 Å². The van der Waals surface area contributed by atoms with Crippen LogP contribution in [0.5, 0.6) is 0 Å². The molecular weight excluding hydrogens is 398 g/mol. The molecule has 3 aliphatic heterocycles. The van der Waals surface area contributed by atoms with Crippen LogP contribution in [0.15, 0.2) is 47.4 Å². The molecule has 158 valence electrons. The molecular formula is C23H27N3O3S. The molecule has 2 unspecified atom stereocenters. The van der Waals surface area contributed by atoms with Gasteiger partial charge in [0.15, 0.2) is 0 Å². The summed E-state index contributed by atoms with van der Waals surface area (Å²) in [5.41, 5.74) is 3.59. The molecule has 2 atom stereocenters. The van der Waals surface area contributed by atoms with Crippen LogP contribution in [0.4, 0.5) is 11.4 Å². The highest BCUT2D eigenvalue weighted by Crippen LogP contribution is 2.38. The lowest BCUT2D eigenvalue weighted by Gasteiger charge is -2.28. The minimum absolute atomic E-state index is 0.0142. The van der Waals surface area contributed by atoms with Gasteiger partial charge in [-0.05, 0) is 68.1 Å². The van der Waals surface area contributed by atoms with E-state index in [0.29, 0.717) is 17.9 Å². The predicted molar refractivity (Wildman–Crippen MR) is 117 cm³/mol. The summed E-state index contributed by atoms with van der Waals surface area (Å²) in [6, 6.07) is 13.3. The first-order valence-electron chi connectivity index (χ1n) is 10.6. The third-order valence-electron chi connectivity index (χ3n) is 6.70. The van der Waals surface area contributed by atoms with Gasteiger partial charge in [0.2, 0.25) is 5.91 Å². The minimum Gasteiger partial charge on any atom is -0.309 e. The third kappa shape index (κ3) is 3.03. The first-order chi connectivity index (χ1) is 14.4. The molecule has 0 bridgehead atoms. The molecule has 0 spiro atoms. The zero-order chi connectivity index (χ0) is 21.0. The Balaban J connectivity index is 1.57. The Labute approximate surface area is 178 Å². The van der Waals surface area contributed by atoms with Crippen LogP contribution in [-0.2, 0) is 27.8 Å². The number of amides is 1. The number of rotatable bonds is 2. The monoisotopic (exact) mass is 425 g/mol. The maximum atomic E-state index is 13.8. The van der Waals surface area contributed by atoms with Crippen molar-refractivity contribution in [3.8, 4) is 0 Å². The van der Waals surface area contributed by atoms with E-state index in [9.17, 15) is 13.2 Å². The van der Waals surface area contributed by atoms with E-state index in [1.54, 1.807) is 34.3 Å². The number of benzene rings is 2. The number of anilines is 2. The summed E-state index contributed by atoms with van der Waals surface area (Å²) in [4.78, 5) is 16.5. The van der Waals surface area contributed by atoms with Gasteiger partial charge in [-0.15, -0.1) is 0 Å². The maximum absolute atomic E-state index is 13.8. The van der Waals surface area contributed by atoms with Crippen LogP contribution in [0.25, 0.3) is 0 Å². The highest BCUT2D eigenvalue weighted by atomic mass is 32.2. The molecule has 2 aromatic carbocycles. The molecule has 0 aromatic heterocycles. The smallest absolute Gasteiger partial charge is 0.264 e. The van der Waals surface area contributed by atoms with Gasteiger partial charge in [0.1, 0.15) is 0 Å². The molecule has 0 saturated carbocycles. The average molecular weight is 426 g/mol. The van der Waals surface area contributed by atoms with E-state index >= 15 is 0 Å². The van der Waals surface area contributed by atoms with E-state index in [2.05, 4.69) is 4.90 Å². The molecule has 0 radical (unpaired) electrons. The third-order valence-corrected chi connectivity index (χ3v) is 8.48. The molecule has 0 N–H and O–H groups in total. The molecule has 6 nitrogen and oxygen atoms in total. The van der Waals surface area contributed by atoms with Crippen LogP contribution in [0.3, 0.4) is 0 Å². The lowest BCUT2D eigenvalue weighted by Crippen LogP contribution is -2.40. The summed E-state index contributed by atoms with van der Waals surface area (Å²) in [6.45, 7) is 5.84. The minimum atomic E-state index is -3.71. The van der Waals surface area contributed by atoms with Crippen molar-refractivity contribution >= 4 is 27.3 Å². The van der Waals surface area contributed by atoms with Crippen molar-refractivity contribution < 1.29 is 13.2 Å². The van der Waals surface area contributed by atoms with E-state index in [0.717, 1.165) is 48.4 Å². The first-order valence-corrected chi connectivity index (χ1v) is 12.1. The van der Waals surface area contributed by atoms with Crippen molar-refractivity contribution in [3.63, 3.8) is 0 Å². The normalized spacial score (nSPS) is 23.7. The Morgan fingerprint density at radius 2 is 1.87 bits per heavy atom. The Hall–Kier alpha value is -2.38. The Morgan fingerprint density at radius 1 is 1.07 bits per heavy atom. The van der Waals surface area contributed by atoms with Crippen LogP contribution < -0.4 is 9.21 Å². The van der Waals surface area contributed by atoms with Crippen molar-refractivity contribution in [3.05, 3.63) is 53.6 Å². The number of fused-ring (bicyclic) bond motifs is 3. The number of carbonyl (C=O) groups is 1. The van der Waals surface area contributed by atoms with Crippen LogP contribution in [0.2, 0.25) is 0 Å². The van der Waals surface area contributed by atoms with E-state index in [1.807, 2.05) is 31.2 Å². The lowest BCUT2D eigenvalue weighted by atomic mass is 10.1. The second-order valence-electron chi connectivity index (χ2n) is 8.66. The zero-order valence-corrected chi connectivity index (χ0v) is 18.2. The van der Waals surface area contributed by atoms with Crippen LogP contribution in [0, 0.1) is 0 Å². The summed E-state index contributed by atoms with van der Waals surface area (Å²) < 4.78 is 29.2. The van der Waals surface area contributed by atoms with E-state index in [-0.39, 0.29) is 18.0 Å². The SMILES string of the molecule is CC(=O)N1c2ccc(S(=O)(=O)N3CC4CCCN4Cc4ccccc43)cc2CC1C. The number of nitrogens with zero attached hydrogens (tertiary/aromatic N) is 3. The van der Waals surface area contributed by atoms with Crippen molar-refractivity contribution in [2.45, 2.75) is 56.6 Å². The van der Waals surface area contributed by atoms with Crippen molar-refractivity contribution in [2.75, 3.05) is 22.3 Å². The second kappa shape index (κ2) is 7.10. The van der Waals surface area contributed by atoms with Gasteiger partial charge in [0, 0.05) is 37.8 Å². The fraction of sp³-hybridized carbons (Fsp3) is 0.435. The summed E-state index contributed by atoms with van der Waals surface area (Å²) in [5, 5.41) is 0. The number of sulfonamides is 1. The van der Waals surface area contributed by atoms with Gasteiger partial charge in [-0.25, -0.2) is 8.42 Å². The molecule has 5 rings (SSSR count). The van der Waals surface area contributed by atoms with E-state index in [4.69, 9.17) is 0 Å². The molecule has 0 aliphatic carbocycles. The van der Waals surface area contributed by atoms with Crippen molar-refractivity contribution in [1.82, 2.24) is 4.90 Å². The predicted octanol–water partition coefficient (Wildman–Crippen LogP) is 3.16. The molecule has 3 heterocycles. The van der Waals surface area contributed by atoms with Gasteiger partial charge in [0.25, 0.3) is 10.0 Å². The molecule has 30 heavy (non-hydrogen) atoms. The fourth-order valence-corrected chi connectivity index (χ4v) is 6.90.